The Kier molecular flexibility index (Phi) is 5.37. The van der Waals surface area contributed by atoms with E-state index in [9.17, 15) is 18.0 Å². The van der Waals surface area contributed by atoms with Gasteiger partial charge in [-0.25, -0.2) is 17.7 Å². The Balaban J connectivity index is 2.05. The number of carbonyl (C=O) groups excluding carboxylic acids is 2. The summed E-state index contributed by atoms with van der Waals surface area (Å²) in [5.41, 5.74) is 5.26. The van der Waals surface area contributed by atoms with Crippen molar-refractivity contribution in [2.75, 3.05) is 19.3 Å². The predicted molar refractivity (Wildman–Crippen MR) is 87.4 cm³/mol. The normalized spacial score (nSPS) is 17.0. The summed E-state index contributed by atoms with van der Waals surface area (Å²) in [5, 5.41) is 2.78. The van der Waals surface area contributed by atoms with Crippen LogP contribution < -0.4 is 11.1 Å². The summed E-state index contributed by atoms with van der Waals surface area (Å²) in [5.74, 6) is -1.24. The maximum absolute atomic E-state index is 12.3. The number of aromatic nitrogens is 1. The fourth-order valence-electron chi connectivity index (χ4n) is 2.39. The third-order valence-corrected chi connectivity index (χ3v) is 5.33. The van der Waals surface area contributed by atoms with E-state index in [-0.39, 0.29) is 17.3 Å². The molecule has 3 N–H and O–H groups in total. The monoisotopic (exact) mass is 404 g/mol. The number of carbonyl (C=O) groups is 2. The van der Waals surface area contributed by atoms with Crippen LogP contribution in [-0.2, 0) is 10.0 Å². The van der Waals surface area contributed by atoms with Crippen LogP contribution >= 0.6 is 15.9 Å². The van der Waals surface area contributed by atoms with E-state index in [4.69, 9.17) is 5.73 Å². The van der Waals surface area contributed by atoms with Crippen molar-refractivity contribution < 1.29 is 18.0 Å². The van der Waals surface area contributed by atoms with Crippen molar-refractivity contribution in [1.82, 2.24) is 14.6 Å². The molecule has 1 aliphatic heterocycles. The number of sulfonamides is 1. The summed E-state index contributed by atoms with van der Waals surface area (Å²) in [6.07, 6.45) is 3.58. The van der Waals surface area contributed by atoms with E-state index in [0.29, 0.717) is 30.4 Å². The van der Waals surface area contributed by atoms with E-state index < -0.39 is 21.8 Å². The van der Waals surface area contributed by atoms with Crippen molar-refractivity contribution in [3.05, 3.63) is 28.0 Å². The maximum atomic E-state index is 12.3. The number of hydrogen-bond acceptors (Lipinski definition) is 5. The minimum Gasteiger partial charge on any atom is -0.366 e. The molecule has 126 valence electrons. The molecule has 10 heteroatoms. The Bertz CT molecular complexity index is 729. The van der Waals surface area contributed by atoms with E-state index >= 15 is 0 Å². The average molecular weight is 405 g/mol. The van der Waals surface area contributed by atoms with Gasteiger partial charge in [-0.15, -0.1) is 0 Å². The van der Waals surface area contributed by atoms with E-state index in [0.717, 1.165) is 6.26 Å². The van der Waals surface area contributed by atoms with Crippen molar-refractivity contribution >= 4 is 37.8 Å². The van der Waals surface area contributed by atoms with Crippen LogP contribution in [0.2, 0.25) is 0 Å². The van der Waals surface area contributed by atoms with Crippen molar-refractivity contribution in [2.24, 2.45) is 5.73 Å². The van der Waals surface area contributed by atoms with E-state index in [2.05, 4.69) is 26.2 Å². The van der Waals surface area contributed by atoms with Crippen LogP contribution in [0, 0.1) is 0 Å². The largest absolute Gasteiger partial charge is 0.366 e. The van der Waals surface area contributed by atoms with Gasteiger partial charge in [-0.05, 0) is 34.8 Å². The van der Waals surface area contributed by atoms with Gasteiger partial charge in [0.05, 0.1) is 11.8 Å². The molecular formula is C13H17BrN4O4S. The minimum atomic E-state index is -3.21. The lowest BCUT2D eigenvalue weighted by Gasteiger charge is -2.30. The zero-order chi connectivity index (χ0) is 17.2. The fraction of sp³-hybridized carbons (Fsp3) is 0.462. The minimum absolute atomic E-state index is 0.0328. The van der Waals surface area contributed by atoms with Crippen LogP contribution in [0.4, 0.5) is 0 Å². The van der Waals surface area contributed by atoms with Crippen LogP contribution in [0.15, 0.2) is 16.7 Å². The van der Waals surface area contributed by atoms with Gasteiger partial charge in [-0.1, -0.05) is 0 Å². The SMILES string of the molecule is CS(=O)(=O)N1CCC(NC(=O)c2ncc(Br)cc2C(N)=O)CC1. The average Bonchev–Trinajstić information content (AvgIpc) is 2.46. The fourth-order valence-corrected chi connectivity index (χ4v) is 3.60. The number of amides is 2. The molecule has 2 rings (SSSR count). The highest BCUT2D eigenvalue weighted by Gasteiger charge is 2.27. The third kappa shape index (κ3) is 4.49. The second-order valence-corrected chi connectivity index (χ2v) is 8.22. The predicted octanol–water partition coefficient (Wildman–Crippen LogP) is 0.0968. The van der Waals surface area contributed by atoms with Gasteiger partial charge >= 0.3 is 0 Å². The number of piperidine rings is 1. The quantitative estimate of drug-likeness (QED) is 0.736. The van der Waals surface area contributed by atoms with Gasteiger partial charge in [0, 0.05) is 29.8 Å². The zero-order valence-electron chi connectivity index (χ0n) is 12.5. The molecule has 0 bridgehead atoms. The topological polar surface area (TPSA) is 122 Å². The molecular weight excluding hydrogens is 388 g/mol. The Labute approximate surface area is 142 Å². The van der Waals surface area contributed by atoms with E-state index in [1.165, 1.54) is 16.6 Å². The van der Waals surface area contributed by atoms with Crippen molar-refractivity contribution in [3.8, 4) is 0 Å². The van der Waals surface area contributed by atoms with Crippen LogP contribution in [0.1, 0.15) is 33.7 Å². The number of hydrogen-bond donors (Lipinski definition) is 2. The van der Waals surface area contributed by atoms with Crippen molar-refractivity contribution in [2.45, 2.75) is 18.9 Å². The molecule has 2 heterocycles. The molecule has 0 saturated carbocycles. The summed E-state index contributed by atoms with van der Waals surface area (Å²) in [6.45, 7) is 0.695. The number of nitrogens with zero attached hydrogens (tertiary/aromatic N) is 2. The zero-order valence-corrected chi connectivity index (χ0v) is 14.9. The summed E-state index contributed by atoms with van der Waals surface area (Å²) in [7, 11) is -3.21. The van der Waals surface area contributed by atoms with Gasteiger partial charge in [0.25, 0.3) is 11.8 Å². The third-order valence-electron chi connectivity index (χ3n) is 3.59. The molecule has 1 saturated heterocycles. The van der Waals surface area contributed by atoms with Gasteiger partial charge < -0.3 is 11.1 Å². The first-order chi connectivity index (χ1) is 10.7. The number of primary amides is 1. The van der Waals surface area contributed by atoms with Gasteiger partial charge in [0.2, 0.25) is 10.0 Å². The molecule has 0 unspecified atom stereocenters. The molecule has 0 spiro atoms. The Morgan fingerprint density at radius 3 is 2.52 bits per heavy atom. The maximum Gasteiger partial charge on any atom is 0.270 e. The molecule has 2 amide bonds. The molecule has 0 radical (unpaired) electrons. The molecule has 0 aromatic carbocycles. The highest BCUT2D eigenvalue weighted by Crippen LogP contribution is 2.16. The van der Waals surface area contributed by atoms with Crippen molar-refractivity contribution in [3.63, 3.8) is 0 Å². The lowest BCUT2D eigenvalue weighted by Crippen LogP contribution is -2.46. The molecule has 0 aliphatic carbocycles. The highest BCUT2D eigenvalue weighted by atomic mass is 79.9. The van der Waals surface area contributed by atoms with Crippen LogP contribution in [0.5, 0.6) is 0 Å². The summed E-state index contributed by atoms with van der Waals surface area (Å²) < 4.78 is 24.8. The molecule has 1 aromatic heterocycles. The van der Waals surface area contributed by atoms with Crippen LogP contribution in [-0.4, -0.2) is 54.9 Å². The lowest BCUT2D eigenvalue weighted by molar-refractivity contribution is 0.0905. The first-order valence-corrected chi connectivity index (χ1v) is 9.54. The van der Waals surface area contributed by atoms with Gasteiger partial charge in [-0.3, -0.25) is 9.59 Å². The smallest absolute Gasteiger partial charge is 0.270 e. The highest BCUT2D eigenvalue weighted by molar-refractivity contribution is 9.10. The Hall–Kier alpha value is -1.52. The summed E-state index contributed by atoms with van der Waals surface area (Å²) in [4.78, 5) is 27.7. The van der Waals surface area contributed by atoms with Gasteiger partial charge in [0.15, 0.2) is 0 Å². The second kappa shape index (κ2) is 6.93. The van der Waals surface area contributed by atoms with Gasteiger partial charge in [0.1, 0.15) is 5.69 Å². The summed E-state index contributed by atoms with van der Waals surface area (Å²) >= 11 is 3.17. The van der Waals surface area contributed by atoms with Crippen LogP contribution in [0.25, 0.3) is 0 Å². The molecule has 0 atom stereocenters. The number of halogens is 1. The molecule has 23 heavy (non-hydrogen) atoms. The number of nitrogens with one attached hydrogen (secondary N) is 1. The van der Waals surface area contributed by atoms with E-state index in [1.54, 1.807) is 0 Å². The van der Waals surface area contributed by atoms with Crippen LogP contribution in [0.3, 0.4) is 0 Å². The molecule has 8 nitrogen and oxygen atoms in total. The lowest BCUT2D eigenvalue weighted by atomic mass is 10.1. The van der Waals surface area contributed by atoms with E-state index in [1.807, 2.05) is 0 Å². The number of pyridine rings is 1. The molecule has 1 aliphatic rings. The number of nitrogens with two attached hydrogens (primary N) is 1. The molecule has 1 fully saturated rings. The first-order valence-electron chi connectivity index (χ1n) is 6.90. The first kappa shape index (κ1) is 17.8. The standard InChI is InChI=1S/C13H17BrN4O4S/c1-23(21,22)18-4-2-9(3-5-18)17-13(20)11-10(12(15)19)6-8(14)7-16-11/h6-7,9H,2-5H2,1H3,(H2,15,19)(H,17,20). The molecule has 1 aromatic rings. The summed E-state index contributed by atoms with van der Waals surface area (Å²) in [6, 6.07) is 1.27. The Morgan fingerprint density at radius 2 is 2.00 bits per heavy atom. The number of rotatable bonds is 4. The van der Waals surface area contributed by atoms with Crippen molar-refractivity contribution in [1.29, 1.82) is 0 Å². The Morgan fingerprint density at radius 1 is 1.39 bits per heavy atom. The van der Waals surface area contributed by atoms with Gasteiger partial charge in [-0.2, -0.15) is 0 Å². The second-order valence-electron chi connectivity index (χ2n) is 5.32.